The van der Waals surface area contributed by atoms with E-state index in [1.807, 2.05) is 25.1 Å². The molecule has 0 aromatic heterocycles. The summed E-state index contributed by atoms with van der Waals surface area (Å²) in [5.41, 5.74) is 1.89. The van der Waals surface area contributed by atoms with E-state index >= 15 is 0 Å². The van der Waals surface area contributed by atoms with Gasteiger partial charge in [-0.15, -0.1) is 0 Å². The first-order chi connectivity index (χ1) is 15.2. The Labute approximate surface area is 198 Å². The van der Waals surface area contributed by atoms with Crippen molar-refractivity contribution in [1.82, 2.24) is 10.2 Å². The molecule has 2 amide bonds. The molecule has 0 heterocycles. The van der Waals surface area contributed by atoms with Crippen molar-refractivity contribution in [2.45, 2.75) is 59.0 Å². The van der Waals surface area contributed by atoms with Gasteiger partial charge in [-0.3, -0.25) is 9.59 Å². The molecular formula is C25H32BrFN2O3. The van der Waals surface area contributed by atoms with Crippen LogP contribution in [0.15, 0.2) is 46.9 Å². The quantitative estimate of drug-likeness (QED) is 0.413. The highest BCUT2D eigenvalue weighted by molar-refractivity contribution is 9.10. The third-order valence-electron chi connectivity index (χ3n) is 5.24. The van der Waals surface area contributed by atoms with Crippen LogP contribution in [0.4, 0.5) is 4.39 Å². The first kappa shape index (κ1) is 25.8. The summed E-state index contributed by atoms with van der Waals surface area (Å²) in [5.74, 6) is 0.0310. The molecule has 0 aliphatic carbocycles. The van der Waals surface area contributed by atoms with Crippen molar-refractivity contribution >= 4 is 27.7 Å². The number of unbranched alkanes of at least 4 members (excludes halogenated alkanes) is 1. The molecule has 2 aromatic carbocycles. The van der Waals surface area contributed by atoms with E-state index in [9.17, 15) is 14.0 Å². The number of ether oxygens (including phenoxy) is 1. The van der Waals surface area contributed by atoms with Crippen molar-refractivity contribution in [2.75, 3.05) is 13.2 Å². The van der Waals surface area contributed by atoms with Crippen molar-refractivity contribution in [3.8, 4) is 5.75 Å². The van der Waals surface area contributed by atoms with Crippen molar-refractivity contribution in [3.63, 3.8) is 0 Å². The fourth-order valence-corrected chi connectivity index (χ4v) is 3.63. The van der Waals surface area contributed by atoms with Gasteiger partial charge in [0.15, 0.2) is 6.61 Å². The van der Waals surface area contributed by atoms with E-state index in [0.717, 1.165) is 28.4 Å². The van der Waals surface area contributed by atoms with Gasteiger partial charge in [0.1, 0.15) is 17.6 Å². The van der Waals surface area contributed by atoms with Crippen LogP contribution in [-0.4, -0.2) is 35.9 Å². The summed E-state index contributed by atoms with van der Waals surface area (Å²) in [6.45, 7) is 8.47. The highest BCUT2D eigenvalue weighted by atomic mass is 79.9. The topological polar surface area (TPSA) is 58.6 Å². The zero-order chi connectivity index (χ0) is 23.7. The number of amides is 2. The summed E-state index contributed by atoms with van der Waals surface area (Å²) in [7, 11) is 0. The third-order valence-corrected chi connectivity index (χ3v) is 5.86. The van der Waals surface area contributed by atoms with Gasteiger partial charge in [-0.25, -0.2) is 4.39 Å². The van der Waals surface area contributed by atoms with E-state index in [0.29, 0.717) is 18.2 Å². The standard InChI is InChI=1S/C25H32BrFN2O3/c1-5-6-13-28-25(31)18(4)29(15-19-7-10-21(27)11-8-19)24(30)16-32-23-12-9-20(17(2)3)14-22(23)26/h7-12,14,17-18H,5-6,13,15-16H2,1-4H3,(H,28,31). The SMILES string of the molecule is CCCCNC(=O)C(C)N(Cc1ccc(F)cc1)C(=O)COc1ccc(C(C)C)cc1Br. The van der Waals surface area contributed by atoms with E-state index in [-0.39, 0.29) is 30.8 Å². The van der Waals surface area contributed by atoms with E-state index in [2.05, 4.69) is 35.1 Å². The number of rotatable bonds is 11. The summed E-state index contributed by atoms with van der Waals surface area (Å²) in [5, 5.41) is 2.87. The lowest BCUT2D eigenvalue weighted by Gasteiger charge is -2.29. The summed E-state index contributed by atoms with van der Waals surface area (Å²) >= 11 is 3.50. The number of halogens is 2. The Morgan fingerprint density at radius 3 is 2.41 bits per heavy atom. The highest BCUT2D eigenvalue weighted by Gasteiger charge is 2.26. The minimum absolute atomic E-state index is 0.179. The fourth-order valence-electron chi connectivity index (χ4n) is 3.12. The molecule has 0 spiro atoms. The maximum absolute atomic E-state index is 13.3. The molecule has 0 radical (unpaired) electrons. The van der Waals surface area contributed by atoms with Gasteiger partial charge in [0, 0.05) is 13.1 Å². The van der Waals surface area contributed by atoms with Crippen LogP contribution in [0.1, 0.15) is 57.6 Å². The minimum atomic E-state index is -0.695. The molecule has 2 aromatic rings. The molecular weight excluding hydrogens is 475 g/mol. The van der Waals surface area contributed by atoms with Gasteiger partial charge in [-0.05, 0) is 70.6 Å². The average molecular weight is 507 g/mol. The van der Waals surface area contributed by atoms with Crippen molar-refractivity contribution < 1.29 is 18.7 Å². The molecule has 32 heavy (non-hydrogen) atoms. The average Bonchev–Trinajstić information content (AvgIpc) is 2.77. The van der Waals surface area contributed by atoms with Crippen LogP contribution < -0.4 is 10.1 Å². The van der Waals surface area contributed by atoms with Crippen molar-refractivity contribution in [2.24, 2.45) is 0 Å². The lowest BCUT2D eigenvalue weighted by atomic mass is 10.0. The summed E-state index contributed by atoms with van der Waals surface area (Å²) in [6, 6.07) is 11.0. The second kappa shape index (κ2) is 12.6. The zero-order valence-corrected chi connectivity index (χ0v) is 20.7. The van der Waals surface area contributed by atoms with Crippen molar-refractivity contribution in [3.05, 3.63) is 63.9 Å². The zero-order valence-electron chi connectivity index (χ0n) is 19.2. The molecule has 1 unspecified atom stereocenters. The number of hydrogen-bond donors (Lipinski definition) is 1. The van der Waals surface area contributed by atoms with Crippen molar-refractivity contribution in [1.29, 1.82) is 0 Å². The lowest BCUT2D eigenvalue weighted by Crippen LogP contribution is -2.49. The van der Waals surface area contributed by atoms with Crippen LogP contribution in [0.5, 0.6) is 5.75 Å². The second-order valence-corrected chi connectivity index (χ2v) is 8.96. The molecule has 0 aliphatic rings. The monoisotopic (exact) mass is 506 g/mol. The van der Waals surface area contributed by atoms with Crippen LogP contribution in [0.25, 0.3) is 0 Å². The van der Waals surface area contributed by atoms with Gasteiger partial charge in [0.2, 0.25) is 5.91 Å². The molecule has 1 atom stereocenters. The molecule has 0 fully saturated rings. The number of nitrogens with zero attached hydrogens (tertiary/aromatic N) is 1. The predicted molar refractivity (Wildman–Crippen MR) is 128 cm³/mol. The largest absolute Gasteiger partial charge is 0.483 e. The van der Waals surface area contributed by atoms with Crippen LogP contribution in [-0.2, 0) is 16.1 Å². The van der Waals surface area contributed by atoms with Gasteiger partial charge in [0.05, 0.1) is 4.47 Å². The van der Waals surface area contributed by atoms with E-state index in [1.54, 1.807) is 19.1 Å². The normalized spacial score (nSPS) is 11.8. The molecule has 174 valence electrons. The van der Waals surface area contributed by atoms with Crippen LogP contribution >= 0.6 is 15.9 Å². The number of nitrogens with one attached hydrogen (secondary N) is 1. The number of carbonyl (C=O) groups excluding carboxylic acids is 2. The Bertz CT molecular complexity index is 903. The third kappa shape index (κ3) is 7.62. The Morgan fingerprint density at radius 1 is 1.12 bits per heavy atom. The lowest BCUT2D eigenvalue weighted by molar-refractivity contribution is -0.142. The van der Waals surface area contributed by atoms with Gasteiger partial charge in [0.25, 0.3) is 5.91 Å². The number of benzene rings is 2. The second-order valence-electron chi connectivity index (χ2n) is 8.10. The fraction of sp³-hybridized carbons (Fsp3) is 0.440. The van der Waals surface area contributed by atoms with Gasteiger partial charge in [-0.1, -0.05) is 45.4 Å². The molecule has 2 rings (SSSR count). The maximum atomic E-state index is 13.3. The Balaban J connectivity index is 2.13. The molecule has 0 saturated carbocycles. The number of carbonyl (C=O) groups is 2. The van der Waals surface area contributed by atoms with E-state index in [1.165, 1.54) is 17.0 Å². The minimum Gasteiger partial charge on any atom is -0.483 e. The number of hydrogen-bond acceptors (Lipinski definition) is 3. The molecule has 7 heteroatoms. The smallest absolute Gasteiger partial charge is 0.261 e. The van der Waals surface area contributed by atoms with Crippen LogP contribution in [0.2, 0.25) is 0 Å². The highest BCUT2D eigenvalue weighted by Crippen LogP contribution is 2.29. The first-order valence-electron chi connectivity index (χ1n) is 11.0. The van der Waals surface area contributed by atoms with Crippen LogP contribution in [0, 0.1) is 5.82 Å². The van der Waals surface area contributed by atoms with Gasteiger partial charge < -0.3 is 15.0 Å². The van der Waals surface area contributed by atoms with Gasteiger partial charge in [-0.2, -0.15) is 0 Å². The van der Waals surface area contributed by atoms with Gasteiger partial charge >= 0.3 is 0 Å². The maximum Gasteiger partial charge on any atom is 0.261 e. The van der Waals surface area contributed by atoms with Crippen LogP contribution in [0.3, 0.4) is 0 Å². The summed E-state index contributed by atoms with van der Waals surface area (Å²) in [6.07, 6.45) is 1.83. The molecule has 0 bridgehead atoms. The van der Waals surface area contributed by atoms with E-state index < -0.39 is 6.04 Å². The van der Waals surface area contributed by atoms with E-state index in [4.69, 9.17) is 4.74 Å². The Morgan fingerprint density at radius 2 is 1.81 bits per heavy atom. The predicted octanol–water partition coefficient (Wildman–Crippen LogP) is 5.42. The molecule has 5 nitrogen and oxygen atoms in total. The first-order valence-corrected chi connectivity index (χ1v) is 11.8. The summed E-state index contributed by atoms with van der Waals surface area (Å²) < 4.78 is 19.8. The molecule has 0 saturated heterocycles. The Hall–Kier alpha value is -2.41. The molecule has 0 aliphatic heterocycles. The summed E-state index contributed by atoms with van der Waals surface area (Å²) in [4.78, 5) is 27.2. The molecule has 1 N–H and O–H groups in total. The Kier molecular flexibility index (Phi) is 10.2.